The van der Waals surface area contributed by atoms with E-state index >= 15 is 0 Å². The molecule has 1 aliphatic carbocycles. The Bertz CT molecular complexity index is 1530. The number of carbonyl (C=O) groups excluding carboxylic acids is 1. The summed E-state index contributed by atoms with van der Waals surface area (Å²) in [6, 6.07) is 10.6. The smallest absolute Gasteiger partial charge is 0.258 e. The SMILES string of the molecule is Cc1cc2cc(n1)-c1cnn(C)c1CCCC(C1CC1)n1c(nc3ccc(NC(C)CN(C)C)cc31)NC2=O. The Morgan fingerprint density at radius 1 is 1.15 bits per heavy atom. The van der Waals surface area contributed by atoms with Crippen LogP contribution < -0.4 is 10.6 Å². The number of aromatic nitrogens is 5. The van der Waals surface area contributed by atoms with Crippen LogP contribution in [0.25, 0.3) is 22.3 Å². The minimum atomic E-state index is -0.171. The van der Waals surface area contributed by atoms with Crippen LogP contribution in [0.2, 0.25) is 0 Å². The molecule has 2 N–H and O–H groups in total. The van der Waals surface area contributed by atoms with Gasteiger partial charge < -0.3 is 14.8 Å². The highest BCUT2D eigenvalue weighted by atomic mass is 16.1. The lowest BCUT2D eigenvalue weighted by Crippen LogP contribution is -2.29. The Balaban J connectivity index is 1.45. The second-order valence-electron chi connectivity index (χ2n) is 11.6. The Kier molecular flexibility index (Phi) is 6.62. The molecule has 39 heavy (non-hydrogen) atoms. The van der Waals surface area contributed by atoms with Crippen LogP contribution in [0.5, 0.6) is 0 Å². The number of amides is 1. The average Bonchev–Trinajstić information content (AvgIpc) is 3.57. The van der Waals surface area contributed by atoms with Crippen molar-refractivity contribution in [2.24, 2.45) is 13.0 Å². The van der Waals surface area contributed by atoms with Gasteiger partial charge in [-0.25, -0.2) is 4.98 Å². The zero-order valence-electron chi connectivity index (χ0n) is 23.5. The summed E-state index contributed by atoms with van der Waals surface area (Å²) >= 11 is 0. The van der Waals surface area contributed by atoms with Gasteiger partial charge in [-0.05, 0) is 96.3 Å². The van der Waals surface area contributed by atoms with Crippen molar-refractivity contribution >= 4 is 28.6 Å². The third kappa shape index (κ3) is 5.15. The highest BCUT2D eigenvalue weighted by Gasteiger charge is 2.35. The number of hydrogen-bond donors (Lipinski definition) is 2. The van der Waals surface area contributed by atoms with Crippen molar-refractivity contribution < 1.29 is 4.79 Å². The number of aryl methyl sites for hydroxylation is 2. The van der Waals surface area contributed by atoms with Gasteiger partial charge in [-0.15, -0.1) is 0 Å². The van der Waals surface area contributed by atoms with Crippen molar-refractivity contribution in [3.8, 4) is 11.3 Å². The topological polar surface area (TPSA) is 92.9 Å². The van der Waals surface area contributed by atoms with Crippen LogP contribution in [0.15, 0.2) is 36.5 Å². The van der Waals surface area contributed by atoms with Gasteiger partial charge in [0.25, 0.3) is 5.91 Å². The van der Waals surface area contributed by atoms with Crippen molar-refractivity contribution in [1.29, 1.82) is 0 Å². The zero-order valence-corrected chi connectivity index (χ0v) is 23.5. The Morgan fingerprint density at radius 2 is 1.97 bits per heavy atom. The number of rotatable bonds is 5. The number of hydrogen-bond acceptors (Lipinski definition) is 6. The minimum absolute atomic E-state index is 0.171. The fraction of sp³-hybridized carbons (Fsp3) is 0.467. The van der Waals surface area contributed by atoms with Crippen molar-refractivity contribution in [2.75, 3.05) is 31.3 Å². The van der Waals surface area contributed by atoms with Gasteiger partial charge in [0.15, 0.2) is 0 Å². The van der Waals surface area contributed by atoms with E-state index in [2.05, 4.69) is 64.4 Å². The summed E-state index contributed by atoms with van der Waals surface area (Å²) in [5, 5.41) is 11.4. The van der Waals surface area contributed by atoms with Gasteiger partial charge in [0.05, 0.1) is 22.9 Å². The molecular formula is C30H38N8O. The maximum absolute atomic E-state index is 13.7. The van der Waals surface area contributed by atoms with E-state index in [0.717, 1.165) is 65.2 Å². The molecule has 0 radical (unpaired) electrons. The molecule has 204 valence electrons. The second-order valence-corrected chi connectivity index (χ2v) is 11.6. The summed E-state index contributed by atoms with van der Waals surface area (Å²) in [6.07, 6.45) is 7.20. The van der Waals surface area contributed by atoms with Crippen LogP contribution in [0.4, 0.5) is 11.6 Å². The fourth-order valence-electron chi connectivity index (χ4n) is 6.10. The van der Waals surface area contributed by atoms with Gasteiger partial charge in [-0.3, -0.25) is 19.8 Å². The molecule has 1 fully saturated rings. The van der Waals surface area contributed by atoms with E-state index < -0.39 is 0 Å². The minimum Gasteiger partial charge on any atom is -0.381 e. The predicted octanol–water partition coefficient (Wildman–Crippen LogP) is 5.04. The first kappa shape index (κ1) is 25.6. The van der Waals surface area contributed by atoms with Crippen LogP contribution in [-0.2, 0) is 13.5 Å². The molecule has 1 amide bonds. The van der Waals surface area contributed by atoms with Gasteiger partial charge in [-0.1, -0.05) is 0 Å². The normalized spacial score (nSPS) is 18.5. The molecule has 0 saturated heterocycles. The first-order valence-electron chi connectivity index (χ1n) is 14.0. The summed E-state index contributed by atoms with van der Waals surface area (Å²) < 4.78 is 4.26. The molecule has 1 aliphatic heterocycles. The Hall–Kier alpha value is -3.72. The van der Waals surface area contributed by atoms with Crippen LogP contribution in [0.1, 0.15) is 60.4 Å². The van der Waals surface area contributed by atoms with E-state index in [1.165, 1.54) is 12.8 Å². The summed E-state index contributed by atoms with van der Waals surface area (Å²) in [5.41, 5.74) is 7.35. The monoisotopic (exact) mass is 526 g/mol. The van der Waals surface area contributed by atoms with Gasteiger partial charge >= 0.3 is 0 Å². The molecule has 4 heterocycles. The number of benzene rings is 1. The lowest BCUT2D eigenvalue weighted by atomic mass is 10.0. The second kappa shape index (κ2) is 10.1. The number of fused-ring (bicyclic) bond motifs is 7. The van der Waals surface area contributed by atoms with Crippen LogP contribution in [0, 0.1) is 12.8 Å². The maximum Gasteiger partial charge on any atom is 0.258 e. The molecule has 9 heteroatoms. The molecule has 1 aromatic carbocycles. The number of pyridine rings is 1. The predicted molar refractivity (Wildman–Crippen MR) is 155 cm³/mol. The summed E-state index contributed by atoms with van der Waals surface area (Å²) in [7, 11) is 6.17. The highest BCUT2D eigenvalue weighted by Crippen LogP contribution is 2.45. The largest absolute Gasteiger partial charge is 0.381 e. The van der Waals surface area contributed by atoms with Gasteiger partial charge in [0, 0.05) is 53.9 Å². The quantitative estimate of drug-likeness (QED) is 0.378. The number of carbonyl (C=O) groups is 1. The number of imidazole rings is 1. The Labute approximate surface area is 229 Å². The molecule has 2 bridgehead atoms. The number of likely N-dealkylation sites (N-methyl/N-ethyl adjacent to an activating group) is 1. The molecule has 2 unspecified atom stereocenters. The Morgan fingerprint density at radius 3 is 2.74 bits per heavy atom. The van der Waals surface area contributed by atoms with E-state index in [0.29, 0.717) is 23.5 Å². The molecule has 1 saturated carbocycles. The van der Waals surface area contributed by atoms with Crippen molar-refractivity contribution in [3.63, 3.8) is 0 Å². The molecular weight excluding hydrogens is 488 g/mol. The summed E-state index contributed by atoms with van der Waals surface area (Å²) in [5.74, 6) is 1.04. The van der Waals surface area contributed by atoms with Gasteiger partial charge in [0.2, 0.25) is 5.95 Å². The molecule has 2 aliphatic rings. The third-order valence-electron chi connectivity index (χ3n) is 7.93. The third-order valence-corrected chi connectivity index (χ3v) is 7.93. The molecule has 9 nitrogen and oxygen atoms in total. The molecule has 2 atom stereocenters. The molecule has 4 aromatic rings. The van der Waals surface area contributed by atoms with Crippen LogP contribution in [0.3, 0.4) is 0 Å². The van der Waals surface area contributed by atoms with Crippen molar-refractivity contribution in [3.05, 3.63) is 53.5 Å². The summed E-state index contributed by atoms with van der Waals surface area (Å²) in [6.45, 7) is 5.06. The standard InChI is InChI=1S/C30H38N8O/c1-18-13-21-14-25(33-18)23-16-31-37(5)27(23)8-6-7-26(20-9-10-20)38-28-15-22(32-19(2)17-36(3)4)11-12-24(28)34-30(38)35-29(21)39/h11-16,19-20,26,32H,6-10,17H2,1-5H3,(H,34,35,39). The zero-order chi connectivity index (χ0) is 27.3. The van der Waals surface area contributed by atoms with E-state index in [1.807, 2.05) is 37.0 Å². The highest BCUT2D eigenvalue weighted by molar-refractivity contribution is 6.05. The van der Waals surface area contributed by atoms with E-state index in [1.54, 1.807) is 0 Å². The molecule has 0 spiro atoms. The van der Waals surface area contributed by atoms with Crippen molar-refractivity contribution in [2.45, 2.75) is 58.0 Å². The fourth-order valence-corrected chi connectivity index (χ4v) is 6.10. The molecule has 3 aromatic heterocycles. The van der Waals surface area contributed by atoms with E-state index in [4.69, 9.17) is 9.97 Å². The van der Waals surface area contributed by atoms with Crippen LogP contribution >= 0.6 is 0 Å². The first-order valence-corrected chi connectivity index (χ1v) is 14.0. The van der Waals surface area contributed by atoms with Gasteiger partial charge in [-0.2, -0.15) is 5.10 Å². The maximum atomic E-state index is 13.7. The van der Waals surface area contributed by atoms with Crippen LogP contribution in [-0.4, -0.2) is 61.8 Å². The number of nitrogens with one attached hydrogen (secondary N) is 2. The number of nitrogens with zero attached hydrogens (tertiary/aromatic N) is 6. The van der Waals surface area contributed by atoms with E-state index in [9.17, 15) is 4.79 Å². The first-order chi connectivity index (χ1) is 18.8. The van der Waals surface area contributed by atoms with Gasteiger partial charge in [0.1, 0.15) is 0 Å². The lowest BCUT2D eigenvalue weighted by Gasteiger charge is -2.23. The van der Waals surface area contributed by atoms with Crippen molar-refractivity contribution in [1.82, 2.24) is 29.2 Å². The number of anilines is 2. The molecule has 6 rings (SSSR count). The van der Waals surface area contributed by atoms with E-state index in [-0.39, 0.29) is 11.9 Å². The summed E-state index contributed by atoms with van der Waals surface area (Å²) in [4.78, 5) is 25.6. The lowest BCUT2D eigenvalue weighted by molar-refractivity contribution is 0.102. The average molecular weight is 527 g/mol.